The Morgan fingerprint density at radius 2 is 2.27 bits per heavy atom. The third kappa shape index (κ3) is 1.52. The highest BCUT2D eigenvalue weighted by Gasteiger charge is 2.25. The van der Waals surface area contributed by atoms with Crippen molar-refractivity contribution in [2.24, 2.45) is 0 Å². The Morgan fingerprint density at radius 3 is 3.00 bits per heavy atom. The fourth-order valence-electron chi connectivity index (χ4n) is 2.14. The lowest BCUT2D eigenvalue weighted by Gasteiger charge is -2.27. The largest absolute Gasteiger partial charge is 0.485 e. The van der Waals surface area contributed by atoms with Gasteiger partial charge in [-0.05, 0) is 12.1 Å². The summed E-state index contributed by atoms with van der Waals surface area (Å²) in [5, 5.41) is 0. The molecule has 3 heteroatoms. The van der Waals surface area contributed by atoms with Crippen molar-refractivity contribution in [3.63, 3.8) is 0 Å². The smallest absolute Gasteiger partial charge is 0.145 e. The van der Waals surface area contributed by atoms with Crippen molar-refractivity contribution < 1.29 is 14.4 Å². The van der Waals surface area contributed by atoms with E-state index in [-0.39, 0.29) is 6.10 Å². The van der Waals surface area contributed by atoms with Crippen molar-refractivity contribution in [1.82, 2.24) is 0 Å². The van der Waals surface area contributed by atoms with Crippen LogP contribution in [0.2, 0.25) is 0 Å². The van der Waals surface area contributed by atoms with E-state index >= 15 is 0 Å². The van der Waals surface area contributed by atoms with Crippen molar-refractivity contribution in [3.05, 3.63) is 30.8 Å². The number of ether oxygens (including phenoxy) is 2. The number of nitrogens with one attached hydrogen (secondary N) is 1. The molecule has 80 valence electrons. The molecule has 1 fully saturated rings. The van der Waals surface area contributed by atoms with Gasteiger partial charge in [0.05, 0.1) is 25.3 Å². The molecule has 2 heterocycles. The molecule has 1 N–H and O–H groups in total. The van der Waals surface area contributed by atoms with E-state index in [0.29, 0.717) is 0 Å². The molecule has 0 saturated carbocycles. The van der Waals surface area contributed by atoms with Gasteiger partial charge in [-0.15, -0.1) is 7.05 Å². The summed E-state index contributed by atoms with van der Waals surface area (Å²) in [7, 11) is 4.07. The average molecular weight is 205 g/mol. The minimum absolute atomic E-state index is 0.255. The summed E-state index contributed by atoms with van der Waals surface area (Å²) in [5.41, 5.74) is 2.61. The molecular formula is C12H15NO2. The van der Waals surface area contributed by atoms with Crippen LogP contribution >= 0.6 is 0 Å². The molecule has 0 aliphatic carbocycles. The normalized spacial score (nSPS) is 24.7. The van der Waals surface area contributed by atoms with Gasteiger partial charge in [0.25, 0.3) is 0 Å². The zero-order valence-corrected chi connectivity index (χ0v) is 8.66. The first-order chi connectivity index (χ1) is 7.34. The second-order valence-corrected chi connectivity index (χ2v) is 4.16. The van der Waals surface area contributed by atoms with E-state index in [4.69, 9.17) is 9.47 Å². The van der Waals surface area contributed by atoms with Crippen molar-refractivity contribution in [2.45, 2.75) is 12.5 Å². The number of benzene rings is 1. The van der Waals surface area contributed by atoms with Gasteiger partial charge in [-0.1, -0.05) is 6.07 Å². The molecule has 0 aromatic heterocycles. The van der Waals surface area contributed by atoms with Gasteiger partial charge >= 0.3 is 0 Å². The second kappa shape index (κ2) is 3.51. The number of hydrogen-bond acceptors (Lipinski definition) is 2. The van der Waals surface area contributed by atoms with Crippen LogP contribution < -0.4 is 9.64 Å². The van der Waals surface area contributed by atoms with Crippen LogP contribution in [0, 0.1) is 7.05 Å². The third-order valence-corrected chi connectivity index (χ3v) is 3.09. The maximum Gasteiger partial charge on any atom is 0.145 e. The highest BCUT2D eigenvalue weighted by Crippen LogP contribution is 2.28. The van der Waals surface area contributed by atoms with Gasteiger partial charge in [0.1, 0.15) is 17.5 Å². The Bertz CT molecular complexity index is 374. The number of rotatable bonds is 2. The van der Waals surface area contributed by atoms with Crippen molar-refractivity contribution in [1.29, 1.82) is 0 Å². The maximum atomic E-state index is 5.88. The first-order valence-electron chi connectivity index (χ1n) is 5.39. The molecule has 3 rings (SSSR count). The first kappa shape index (κ1) is 9.19. The second-order valence-electron chi connectivity index (χ2n) is 4.16. The summed E-state index contributed by atoms with van der Waals surface area (Å²) in [5.74, 6) is 1.03. The highest BCUT2D eigenvalue weighted by atomic mass is 16.6. The monoisotopic (exact) mass is 205 g/mol. The molecule has 1 aromatic rings. The Kier molecular flexibility index (Phi) is 2.15. The topological polar surface area (TPSA) is 22.9 Å². The van der Waals surface area contributed by atoms with Gasteiger partial charge in [0.2, 0.25) is 0 Å². The minimum atomic E-state index is 0.255. The Morgan fingerprint density at radius 1 is 1.40 bits per heavy atom. The summed E-state index contributed by atoms with van der Waals surface area (Å²) < 4.78 is 11.0. The van der Waals surface area contributed by atoms with E-state index in [1.807, 2.05) is 6.07 Å². The average Bonchev–Trinajstić information content (AvgIpc) is 2.55. The summed E-state index contributed by atoms with van der Waals surface area (Å²) in [4.78, 5) is 1.24. The predicted molar refractivity (Wildman–Crippen MR) is 56.2 cm³/mol. The lowest BCUT2D eigenvalue weighted by molar-refractivity contribution is -0.775. The quantitative estimate of drug-likeness (QED) is 0.703. The fraction of sp³-hybridized carbons (Fsp3) is 0.417. The number of quaternary nitrogens is 1. The van der Waals surface area contributed by atoms with Crippen LogP contribution in [0.5, 0.6) is 5.75 Å². The molecule has 1 saturated heterocycles. The molecule has 1 aromatic carbocycles. The molecule has 1 atom stereocenters. The van der Waals surface area contributed by atoms with E-state index in [9.17, 15) is 0 Å². The maximum absolute atomic E-state index is 5.88. The molecule has 2 aliphatic rings. The highest BCUT2D eigenvalue weighted by molar-refractivity contribution is 5.51. The molecule has 2 aliphatic heterocycles. The molecule has 15 heavy (non-hydrogen) atoms. The summed E-state index contributed by atoms with van der Waals surface area (Å²) in [6.07, 6.45) is 1.32. The van der Waals surface area contributed by atoms with Crippen molar-refractivity contribution >= 4 is 5.69 Å². The van der Waals surface area contributed by atoms with Crippen LogP contribution in [0.3, 0.4) is 0 Å². The van der Waals surface area contributed by atoms with Gasteiger partial charge in [-0.25, -0.2) is 0 Å². The van der Waals surface area contributed by atoms with Crippen LogP contribution in [0.4, 0.5) is 5.69 Å². The van der Waals surface area contributed by atoms with E-state index < -0.39 is 0 Å². The Labute approximate surface area is 89.6 Å². The fourth-order valence-corrected chi connectivity index (χ4v) is 2.14. The SMILES string of the molecule is [CH2-][NH+]1CCc2c(OC3COC3)cccc21. The van der Waals surface area contributed by atoms with Crippen molar-refractivity contribution in [2.75, 3.05) is 19.8 Å². The van der Waals surface area contributed by atoms with E-state index in [0.717, 1.165) is 31.9 Å². The van der Waals surface area contributed by atoms with Gasteiger partial charge in [0.15, 0.2) is 0 Å². The molecule has 1 unspecified atom stereocenters. The van der Waals surface area contributed by atoms with Gasteiger partial charge in [-0.2, -0.15) is 0 Å². The van der Waals surface area contributed by atoms with E-state index in [1.165, 1.54) is 16.2 Å². The van der Waals surface area contributed by atoms with Crippen LogP contribution in [0.15, 0.2) is 18.2 Å². The molecule has 0 spiro atoms. The first-order valence-corrected chi connectivity index (χ1v) is 5.39. The summed E-state index contributed by atoms with van der Waals surface area (Å²) in [6.45, 7) is 2.52. The molecule has 0 bridgehead atoms. The van der Waals surface area contributed by atoms with Gasteiger partial charge in [0, 0.05) is 6.42 Å². The van der Waals surface area contributed by atoms with E-state index in [1.54, 1.807) is 0 Å². The lowest BCUT2D eigenvalue weighted by Crippen LogP contribution is -3.00. The van der Waals surface area contributed by atoms with Crippen LogP contribution in [-0.2, 0) is 11.2 Å². The summed E-state index contributed by atoms with van der Waals surface area (Å²) >= 11 is 0. The Balaban J connectivity index is 1.88. The number of fused-ring (bicyclic) bond motifs is 1. The van der Waals surface area contributed by atoms with Gasteiger partial charge < -0.3 is 14.4 Å². The summed E-state index contributed by atoms with van der Waals surface area (Å²) in [6, 6.07) is 6.23. The minimum Gasteiger partial charge on any atom is -0.485 e. The van der Waals surface area contributed by atoms with Crippen molar-refractivity contribution in [3.8, 4) is 5.75 Å². The molecule has 3 nitrogen and oxygen atoms in total. The van der Waals surface area contributed by atoms with Crippen LogP contribution in [-0.4, -0.2) is 25.9 Å². The van der Waals surface area contributed by atoms with Crippen LogP contribution in [0.1, 0.15) is 5.56 Å². The standard InChI is InChI=1S/C12H15NO2/c1-13-6-5-10-11(13)3-2-4-12(10)15-9-7-14-8-9/h2-4,9,13H,1,5-8H2. The predicted octanol–water partition coefficient (Wildman–Crippen LogP) is 0.328. The van der Waals surface area contributed by atoms with E-state index in [2.05, 4.69) is 19.2 Å². The molecule has 0 amide bonds. The lowest BCUT2D eigenvalue weighted by atomic mass is 10.1. The van der Waals surface area contributed by atoms with Gasteiger partial charge in [-0.3, -0.25) is 0 Å². The Hall–Kier alpha value is -1.06. The third-order valence-electron chi connectivity index (χ3n) is 3.09. The van der Waals surface area contributed by atoms with Crippen LogP contribution in [0.25, 0.3) is 0 Å². The molecular weight excluding hydrogens is 190 g/mol. The number of hydrogen-bond donors (Lipinski definition) is 1. The zero-order chi connectivity index (χ0) is 10.3. The molecule has 0 radical (unpaired) electrons. The zero-order valence-electron chi connectivity index (χ0n) is 8.66.